The van der Waals surface area contributed by atoms with Gasteiger partial charge in [0.15, 0.2) is 0 Å². The van der Waals surface area contributed by atoms with Gasteiger partial charge in [-0.1, -0.05) is 0 Å². The topological polar surface area (TPSA) is 96.6 Å². The maximum Gasteiger partial charge on any atom is 0.377 e. The van der Waals surface area contributed by atoms with Crippen molar-refractivity contribution in [1.82, 2.24) is 4.57 Å². The summed E-state index contributed by atoms with van der Waals surface area (Å²) in [4.78, 5) is 33.2. The zero-order valence-electron chi connectivity index (χ0n) is 8.71. The van der Waals surface area contributed by atoms with Crippen LogP contribution in [0.4, 0.5) is 0 Å². The lowest BCUT2D eigenvalue weighted by atomic mass is 10.1. The summed E-state index contributed by atoms with van der Waals surface area (Å²) in [6.45, 7) is 0. The number of hydrogen-bond donors (Lipinski definition) is 2. The fraction of sp³-hybridized carbons (Fsp3) is 0.364. The number of aromatic carboxylic acids is 1. The normalized spacial score (nSPS) is 24.0. The summed E-state index contributed by atoms with van der Waals surface area (Å²) in [5.41, 5.74) is 0.618. The number of aromatic nitrogens is 1. The molecule has 0 spiro atoms. The van der Waals surface area contributed by atoms with Crippen LogP contribution in [0.1, 0.15) is 39.0 Å². The van der Waals surface area contributed by atoms with Crippen LogP contribution in [0, 0.1) is 5.92 Å². The second-order valence-electron chi connectivity index (χ2n) is 4.47. The number of carbonyl (C=O) groups is 3. The van der Waals surface area contributed by atoms with Crippen molar-refractivity contribution < 1.29 is 24.6 Å². The average molecular weight is 235 g/mol. The van der Waals surface area contributed by atoms with Crippen LogP contribution in [0.5, 0.6) is 0 Å². The molecule has 1 aliphatic heterocycles. The summed E-state index contributed by atoms with van der Waals surface area (Å²) < 4.78 is 1.61. The Morgan fingerprint density at radius 3 is 2.59 bits per heavy atom. The summed E-state index contributed by atoms with van der Waals surface area (Å²) in [6.07, 6.45) is 1.52. The van der Waals surface area contributed by atoms with Crippen molar-refractivity contribution in [3.63, 3.8) is 0 Å². The Labute approximate surface area is 95.5 Å². The largest absolute Gasteiger partial charge is 0.477 e. The van der Waals surface area contributed by atoms with Gasteiger partial charge in [0.05, 0.1) is 5.56 Å². The highest BCUT2D eigenvalue weighted by molar-refractivity contribution is 6.40. The van der Waals surface area contributed by atoms with Gasteiger partial charge in [-0.2, -0.15) is 0 Å². The van der Waals surface area contributed by atoms with E-state index in [-0.39, 0.29) is 17.3 Å². The maximum atomic E-state index is 11.5. The van der Waals surface area contributed by atoms with Crippen molar-refractivity contribution in [2.75, 3.05) is 0 Å². The third-order valence-electron chi connectivity index (χ3n) is 3.47. The van der Waals surface area contributed by atoms with Crippen molar-refractivity contribution in [1.29, 1.82) is 0 Å². The molecular formula is C11H9NO5. The average Bonchev–Trinajstić information content (AvgIpc) is 2.76. The summed E-state index contributed by atoms with van der Waals surface area (Å²) >= 11 is 0. The third kappa shape index (κ3) is 1.23. The second-order valence-corrected chi connectivity index (χ2v) is 4.47. The van der Waals surface area contributed by atoms with E-state index in [1.54, 1.807) is 4.57 Å². The first-order valence-corrected chi connectivity index (χ1v) is 5.25. The van der Waals surface area contributed by atoms with E-state index in [2.05, 4.69) is 0 Å². The molecule has 2 heterocycles. The van der Waals surface area contributed by atoms with Gasteiger partial charge in [0.25, 0.3) is 5.78 Å². The molecule has 88 valence electrons. The Kier molecular flexibility index (Phi) is 1.76. The minimum atomic E-state index is -1.55. The summed E-state index contributed by atoms with van der Waals surface area (Å²) in [6, 6.07) is 1.33. The van der Waals surface area contributed by atoms with Crippen LogP contribution < -0.4 is 0 Å². The lowest BCUT2D eigenvalue weighted by Crippen LogP contribution is -2.14. The summed E-state index contributed by atoms with van der Waals surface area (Å²) in [5.74, 6) is -3.31. The number of fused-ring (bicyclic) bond motifs is 3. The van der Waals surface area contributed by atoms with Crippen molar-refractivity contribution in [2.45, 2.75) is 18.9 Å². The molecule has 0 aromatic carbocycles. The van der Waals surface area contributed by atoms with E-state index < -0.39 is 17.7 Å². The number of carboxylic acid groups (broad SMARTS) is 2. The molecule has 1 aromatic rings. The van der Waals surface area contributed by atoms with Crippen LogP contribution in [0.15, 0.2) is 6.07 Å². The molecule has 0 bridgehead atoms. The Morgan fingerprint density at radius 2 is 2.00 bits per heavy atom. The molecule has 0 amide bonds. The highest BCUT2D eigenvalue weighted by Gasteiger charge is 2.49. The molecule has 17 heavy (non-hydrogen) atoms. The van der Waals surface area contributed by atoms with Gasteiger partial charge in [0, 0.05) is 11.7 Å². The first kappa shape index (κ1) is 10.1. The number of rotatable bonds is 3. The van der Waals surface area contributed by atoms with E-state index in [1.807, 2.05) is 0 Å². The van der Waals surface area contributed by atoms with Gasteiger partial charge in [-0.05, 0) is 24.8 Å². The standard InChI is InChI=1S/C11H9NO5/c13-9(11(16)17)5-3-8(10(14)15)12-6-1-4(6)2-7(5)12/h3-4,6H,1-2H2,(H,14,15)(H,16,17)/t4-,6-/m1/s1. The van der Waals surface area contributed by atoms with Gasteiger partial charge in [-0.25, -0.2) is 9.59 Å². The van der Waals surface area contributed by atoms with E-state index in [1.165, 1.54) is 6.07 Å². The second kappa shape index (κ2) is 2.97. The SMILES string of the molecule is O=C(O)C(=O)c1cc(C(=O)O)n2c1C[C@H]1C[C@H]12. The highest BCUT2D eigenvalue weighted by atomic mass is 16.4. The molecule has 2 atom stereocenters. The molecular weight excluding hydrogens is 226 g/mol. The van der Waals surface area contributed by atoms with Crippen LogP contribution in [0.3, 0.4) is 0 Å². The van der Waals surface area contributed by atoms with Crippen LogP contribution in [0.2, 0.25) is 0 Å². The lowest BCUT2D eigenvalue weighted by Gasteiger charge is -2.04. The van der Waals surface area contributed by atoms with Crippen molar-refractivity contribution in [2.24, 2.45) is 5.92 Å². The number of aliphatic carboxylic acids is 1. The number of ketones is 1. The quantitative estimate of drug-likeness (QED) is 0.589. The number of carboxylic acids is 2. The molecule has 0 saturated heterocycles. The minimum Gasteiger partial charge on any atom is -0.477 e. The number of nitrogens with zero attached hydrogens (tertiary/aromatic N) is 1. The monoisotopic (exact) mass is 235 g/mol. The zero-order valence-corrected chi connectivity index (χ0v) is 8.71. The van der Waals surface area contributed by atoms with E-state index >= 15 is 0 Å². The molecule has 1 fully saturated rings. The van der Waals surface area contributed by atoms with Crippen molar-refractivity contribution in [3.05, 3.63) is 23.0 Å². The van der Waals surface area contributed by atoms with Gasteiger partial charge in [0.1, 0.15) is 5.69 Å². The predicted molar refractivity (Wildman–Crippen MR) is 54.2 cm³/mol. The van der Waals surface area contributed by atoms with E-state index in [4.69, 9.17) is 10.2 Å². The molecule has 1 aromatic heterocycles. The Bertz CT molecular complexity index is 571. The minimum absolute atomic E-state index is 0.0228. The molecule has 2 aliphatic rings. The van der Waals surface area contributed by atoms with Gasteiger partial charge in [-0.3, -0.25) is 4.79 Å². The molecule has 1 saturated carbocycles. The zero-order chi connectivity index (χ0) is 12.3. The summed E-state index contributed by atoms with van der Waals surface area (Å²) in [7, 11) is 0. The fourth-order valence-corrected chi connectivity index (χ4v) is 2.64. The first-order valence-electron chi connectivity index (χ1n) is 5.25. The Balaban J connectivity index is 2.16. The molecule has 6 heteroatoms. The maximum absolute atomic E-state index is 11.5. The third-order valence-corrected chi connectivity index (χ3v) is 3.47. The molecule has 6 nitrogen and oxygen atoms in total. The first-order chi connectivity index (χ1) is 8.00. The highest BCUT2D eigenvalue weighted by Crippen LogP contribution is 2.53. The smallest absolute Gasteiger partial charge is 0.377 e. The van der Waals surface area contributed by atoms with Crippen molar-refractivity contribution in [3.8, 4) is 0 Å². The predicted octanol–water partition coefficient (Wildman–Crippen LogP) is 0.571. The van der Waals surface area contributed by atoms with Gasteiger partial charge in [-0.15, -0.1) is 0 Å². The molecule has 1 aliphatic carbocycles. The van der Waals surface area contributed by atoms with Crippen LogP contribution >= 0.6 is 0 Å². The van der Waals surface area contributed by atoms with E-state index in [0.29, 0.717) is 18.0 Å². The van der Waals surface area contributed by atoms with Crippen LogP contribution in [-0.2, 0) is 11.2 Å². The van der Waals surface area contributed by atoms with E-state index in [9.17, 15) is 14.4 Å². The van der Waals surface area contributed by atoms with Gasteiger partial charge in [0.2, 0.25) is 0 Å². The van der Waals surface area contributed by atoms with Crippen LogP contribution in [-0.4, -0.2) is 32.5 Å². The fourth-order valence-electron chi connectivity index (χ4n) is 2.64. The molecule has 0 radical (unpaired) electrons. The number of hydrogen-bond acceptors (Lipinski definition) is 3. The van der Waals surface area contributed by atoms with Gasteiger partial charge < -0.3 is 14.8 Å². The summed E-state index contributed by atoms with van der Waals surface area (Å²) in [5, 5.41) is 17.7. The number of Topliss-reactive ketones (excluding diaryl/α,β-unsaturated/α-hetero) is 1. The van der Waals surface area contributed by atoms with Crippen LogP contribution in [0.25, 0.3) is 0 Å². The van der Waals surface area contributed by atoms with Gasteiger partial charge >= 0.3 is 11.9 Å². The Hall–Kier alpha value is -2.11. The van der Waals surface area contributed by atoms with E-state index in [0.717, 1.165) is 6.42 Å². The molecule has 3 rings (SSSR count). The number of carbonyl (C=O) groups excluding carboxylic acids is 1. The molecule has 2 N–H and O–H groups in total. The molecule has 0 unspecified atom stereocenters. The lowest BCUT2D eigenvalue weighted by molar-refractivity contribution is -0.131. The Morgan fingerprint density at radius 1 is 1.29 bits per heavy atom. The van der Waals surface area contributed by atoms with Crippen molar-refractivity contribution >= 4 is 17.7 Å².